The van der Waals surface area contributed by atoms with Gasteiger partial charge in [-0.25, -0.2) is 0 Å². The Morgan fingerprint density at radius 2 is 1.64 bits per heavy atom. The van der Waals surface area contributed by atoms with E-state index in [0.717, 1.165) is 0 Å². The quantitative estimate of drug-likeness (QED) is 0.866. The summed E-state index contributed by atoms with van der Waals surface area (Å²) in [6.45, 7) is 0. The van der Waals surface area contributed by atoms with Crippen molar-refractivity contribution < 1.29 is 18.3 Å². The topological polar surface area (TPSA) is 23.5 Å². The van der Waals surface area contributed by atoms with Gasteiger partial charge >= 0.3 is 6.18 Å². The molecule has 0 aliphatic carbocycles. The minimum absolute atomic E-state index is 0.203. The zero-order valence-corrected chi connectivity index (χ0v) is 13.6. The van der Waals surface area contributed by atoms with Crippen LogP contribution in [-0.4, -0.2) is 25.4 Å². The molecule has 1 atom stereocenters. The number of anilines is 1. The first-order valence-corrected chi connectivity index (χ1v) is 7.29. The third kappa shape index (κ3) is 2.85. The van der Waals surface area contributed by atoms with Crippen molar-refractivity contribution in [1.29, 1.82) is 0 Å². The third-order valence-corrected chi connectivity index (χ3v) is 3.92. The second-order valence-corrected chi connectivity index (χ2v) is 6.05. The zero-order chi connectivity index (χ0) is 16.5. The highest BCUT2D eigenvalue weighted by Crippen LogP contribution is 2.47. The molecule has 22 heavy (non-hydrogen) atoms. The summed E-state index contributed by atoms with van der Waals surface area (Å²) in [7, 11) is 3.27. The van der Waals surface area contributed by atoms with Gasteiger partial charge in [0.2, 0.25) is 5.60 Å². The van der Waals surface area contributed by atoms with Crippen LogP contribution in [0, 0.1) is 0 Å². The van der Waals surface area contributed by atoms with Gasteiger partial charge in [0.05, 0.1) is 0 Å². The standard InChI is InChI=1S/C16H15BrF3NO/c1-21(2)14-9-4-3-8-13(14)15(22,16(18,19)20)11-6-5-7-12(17)10-11/h3-10,22H,1-2H3. The number of hydrogen-bond acceptors (Lipinski definition) is 2. The molecule has 1 unspecified atom stereocenters. The van der Waals surface area contributed by atoms with Gasteiger partial charge in [0.1, 0.15) is 0 Å². The monoisotopic (exact) mass is 373 g/mol. The summed E-state index contributed by atoms with van der Waals surface area (Å²) in [6.07, 6.45) is -4.86. The summed E-state index contributed by atoms with van der Waals surface area (Å²) in [4.78, 5) is 1.55. The normalized spacial score (nSPS) is 14.5. The minimum Gasteiger partial charge on any atom is -0.377 e. The highest BCUT2D eigenvalue weighted by Gasteiger charge is 2.57. The van der Waals surface area contributed by atoms with E-state index in [1.54, 1.807) is 37.2 Å². The molecule has 0 aliphatic rings. The van der Waals surface area contributed by atoms with Crippen LogP contribution in [0.3, 0.4) is 0 Å². The Labute approximate surface area is 135 Å². The van der Waals surface area contributed by atoms with Gasteiger partial charge in [-0.15, -0.1) is 0 Å². The summed E-state index contributed by atoms with van der Waals surface area (Å²) in [6, 6.07) is 11.6. The van der Waals surface area contributed by atoms with Gasteiger partial charge in [0, 0.05) is 29.8 Å². The fourth-order valence-corrected chi connectivity index (χ4v) is 2.75. The number of para-hydroxylation sites is 1. The fraction of sp³-hybridized carbons (Fsp3) is 0.250. The summed E-state index contributed by atoms with van der Waals surface area (Å²) in [5.74, 6) is 0. The Morgan fingerprint density at radius 3 is 2.18 bits per heavy atom. The maximum absolute atomic E-state index is 13.8. The lowest BCUT2D eigenvalue weighted by Gasteiger charge is -2.34. The molecule has 6 heteroatoms. The highest BCUT2D eigenvalue weighted by molar-refractivity contribution is 9.10. The van der Waals surface area contributed by atoms with E-state index >= 15 is 0 Å². The van der Waals surface area contributed by atoms with Gasteiger partial charge in [-0.05, 0) is 23.8 Å². The van der Waals surface area contributed by atoms with Gasteiger partial charge in [-0.2, -0.15) is 13.2 Å². The van der Waals surface area contributed by atoms with Crippen molar-refractivity contribution in [2.75, 3.05) is 19.0 Å². The van der Waals surface area contributed by atoms with Crippen molar-refractivity contribution in [3.8, 4) is 0 Å². The second-order valence-electron chi connectivity index (χ2n) is 5.13. The minimum atomic E-state index is -4.86. The molecular weight excluding hydrogens is 359 g/mol. The number of aliphatic hydroxyl groups is 1. The van der Waals surface area contributed by atoms with Crippen LogP contribution in [-0.2, 0) is 5.60 Å². The maximum atomic E-state index is 13.8. The van der Waals surface area contributed by atoms with Crippen LogP contribution in [0.5, 0.6) is 0 Å². The molecule has 0 saturated heterocycles. The summed E-state index contributed by atoms with van der Waals surface area (Å²) in [5, 5.41) is 10.7. The number of rotatable bonds is 3. The molecule has 2 nitrogen and oxygen atoms in total. The molecule has 0 amide bonds. The van der Waals surface area contributed by atoms with Crippen molar-refractivity contribution in [2.24, 2.45) is 0 Å². The molecule has 2 aromatic carbocycles. The SMILES string of the molecule is CN(C)c1ccccc1C(O)(c1cccc(Br)c1)C(F)(F)F. The van der Waals surface area contributed by atoms with Crippen LogP contribution in [0.4, 0.5) is 18.9 Å². The summed E-state index contributed by atoms with van der Waals surface area (Å²) >= 11 is 3.15. The van der Waals surface area contributed by atoms with Crippen molar-refractivity contribution >= 4 is 21.6 Å². The lowest BCUT2D eigenvalue weighted by Crippen LogP contribution is -2.44. The molecular formula is C16H15BrF3NO. The average molecular weight is 374 g/mol. The zero-order valence-electron chi connectivity index (χ0n) is 12.0. The van der Waals surface area contributed by atoms with Crippen LogP contribution < -0.4 is 4.90 Å². The number of halogens is 4. The van der Waals surface area contributed by atoms with E-state index in [9.17, 15) is 18.3 Å². The maximum Gasteiger partial charge on any atom is 0.425 e. The van der Waals surface area contributed by atoms with Crippen LogP contribution in [0.15, 0.2) is 53.0 Å². The summed E-state index contributed by atoms with van der Waals surface area (Å²) in [5.41, 5.74) is -3.21. The predicted octanol–water partition coefficient (Wildman–Crippen LogP) is 4.31. The Hall–Kier alpha value is -1.53. The van der Waals surface area contributed by atoms with Gasteiger partial charge in [-0.3, -0.25) is 0 Å². The number of hydrogen-bond donors (Lipinski definition) is 1. The van der Waals surface area contributed by atoms with E-state index < -0.39 is 11.8 Å². The highest BCUT2D eigenvalue weighted by atomic mass is 79.9. The fourth-order valence-electron chi connectivity index (χ4n) is 2.35. The Morgan fingerprint density at radius 1 is 1.00 bits per heavy atom. The molecule has 2 rings (SSSR count). The van der Waals surface area contributed by atoms with E-state index in [1.165, 1.54) is 30.3 Å². The third-order valence-electron chi connectivity index (χ3n) is 3.43. The first kappa shape index (κ1) is 16.8. The van der Waals surface area contributed by atoms with E-state index in [-0.39, 0.29) is 11.1 Å². The lowest BCUT2D eigenvalue weighted by atomic mass is 9.84. The van der Waals surface area contributed by atoms with Crippen molar-refractivity contribution in [3.05, 3.63) is 64.1 Å². The van der Waals surface area contributed by atoms with Crippen molar-refractivity contribution in [1.82, 2.24) is 0 Å². The molecule has 0 bridgehead atoms. The summed E-state index contributed by atoms with van der Waals surface area (Å²) < 4.78 is 41.8. The molecule has 0 spiro atoms. The van der Waals surface area contributed by atoms with E-state index in [1.807, 2.05) is 0 Å². The molecule has 2 aromatic rings. The number of alkyl halides is 3. The molecule has 118 valence electrons. The van der Waals surface area contributed by atoms with Crippen molar-refractivity contribution in [3.63, 3.8) is 0 Å². The molecule has 0 saturated carbocycles. The van der Waals surface area contributed by atoms with Gasteiger partial charge in [0.25, 0.3) is 0 Å². The Kier molecular flexibility index (Phi) is 4.54. The van der Waals surface area contributed by atoms with E-state index in [2.05, 4.69) is 15.9 Å². The van der Waals surface area contributed by atoms with Gasteiger partial charge < -0.3 is 10.0 Å². The van der Waals surface area contributed by atoms with Crippen LogP contribution >= 0.6 is 15.9 Å². The van der Waals surface area contributed by atoms with Crippen LogP contribution in [0.2, 0.25) is 0 Å². The smallest absolute Gasteiger partial charge is 0.377 e. The number of nitrogens with zero attached hydrogens (tertiary/aromatic N) is 1. The molecule has 0 fully saturated rings. The molecule has 0 aliphatic heterocycles. The average Bonchev–Trinajstić information content (AvgIpc) is 2.45. The second kappa shape index (κ2) is 5.93. The van der Waals surface area contributed by atoms with Gasteiger partial charge in [-0.1, -0.05) is 46.3 Å². The largest absolute Gasteiger partial charge is 0.425 e. The lowest BCUT2D eigenvalue weighted by molar-refractivity contribution is -0.248. The number of benzene rings is 2. The van der Waals surface area contributed by atoms with E-state index in [0.29, 0.717) is 10.2 Å². The first-order chi connectivity index (χ1) is 10.2. The van der Waals surface area contributed by atoms with Gasteiger partial charge in [0.15, 0.2) is 0 Å². The predicted molar refractivity (Wildman–Crippen MR) is 84.0 cm³/mol. The molecule has 0 heterocycles. The molecule has 0 aromatic heterocycles. The Balaban J connectivity index is 2.77. The Bertz CT molecular complexity index is 672. The molecule has 0 radical (unpaired) electrons. The van der Waals surface area contributed by atoms with Crippen LogP contribution in [0.25, 0.3) is 0 Å². The van der Waals surface area contributed by atoms with Crippen LogP contribution in [0.1, 0.15) is 11.1 Å². The molecule has 1 N–H and O–H groups in total. The van der Waals surface area contributed by atoms with E-state index in [4.69, 9.17) is 0 Å². The van der Waals surface area contributed by atoms with Crippen molar-refractivity contribution in [2.45, 2.75) is 11.8 Å². The first-order valence-electron chi connectivity index (χ1n) is 6.50.